The Morgan fingerprint density at radius 3 is 1.92 bits per heavy atom. The maximum Gasteiger partial charge on any atom is 0.243 e. The predicted octanol–water partition coefficient (Wildman–Crippen LogP) is 3.93. The van der Waals surface area contributed by atoms with E-state index in [-0.39, 0.29) is 0 Å². The minimum atomic E-state index is -3.40. The molecule has 0 aromatic heterocycles. The molecular weight excluding hydrogens is 344 g/mol. The van der Waals surface area contributed by atoms with Crippen molar-refractivity contribution in [1.82, 2.24) is 9.62 Å². The van der Waals surface area contributed by atoms with Crippen LogP contribution in [0.4, 0.5) is 0 Å². The van der Waals surface area contributed by atoms with Gasteiger partial charge < -0.3 is 5.32 Å². The van der Waals surface area contributed by atoms with E-state index in [4.69, 9.17) is 0 Å². The van der Waals surface area contributed by atoms with Crippen LogP contribution in [0.5, 0.6) is 0 Å². The summed E-state index contributed by atoms with van der Waals surface area (Å²) >= 11 is 0. The fourth-order valence-electron chi connectivity index (χ4n) is 4.73. The van der Waals surface area contributed by atoms with Crippen LogP contribution in [0.1, 0.15) is 62.1 Å². The maximum absolute atomic E-state index is 13.2. The number of nitrogens with one attached hydrogen (secondary N) is 1. The van der Waals surface area contributed by atoms with Crippen molar-refractivity contribution < 1.29 is 8.42 Å². The van der Waals surface area contributed by atoms with Gasteiger partial charge in [0.25, 0.3) is 0 Å². The van der Waals surface area contributed by atoms with E-state index in [1.165, 1.54) is 25.7 Å². The van der Waals surface area contributed by atoms with E-state index in [1.54, 1.807) is 4.31 Å². The van der Waals surface area contributed by atoms with Crippen LogP contribution in [0.3, 0.4) is 0 Å². The Hall–Kier alpha value is -0.910. The lowest BCUT2D eigenvalue weighted by atomic mass is 9.86. The molecular formula is C21H34N2O2S. The van der Waals surface area contributed by atoms with Gasteiger partial charge in [-0.15, -0.1) is 0 Å². The Kier molecular flexibility index (Phi) is 6.10. The Balaban J connectivity index is 1.62. The largest absolute Gasteiger partial charge is 0.311 e. The highest BCUT2D eigenvalue weighted by molar-refractivity contribution is 7.89. The highest BCUT2D eigenvalue weighted by Crippen LogP contribution is 2.28. The summed E-state index contributed by atoms with van der Waals surface area (Å²) in [4.78, 5) is 0.510. The fourth-order valence-corrected chi connectivity index (χ4v) is 6.61. The van der Waals surface area contributed by atoms with Crippen molar-refractivity contribution in [2.45, 2.75) is 83.2 Å². The first-order valence-electron chi connectivity index (χ1n) is 10.1. The molecule has 1 heterocycles. The minimum Gasteiger partial charge on any atom is -0.311 e. The molecule has 1 aliphatic carbocycles. The van der Waals surface area contributed by atoms with Gasteiger partial charge in [-0.1, -0.05) is 24.6 Å². The molecule has 1 N–H and O–H groups in total. The van der Waals surface area contributed by atoms with Crippen molar-refractivity contribution in [3.8, 4) is 0 Å². The van der Waals surface area contributed by atoms with Gasteiger partial charge >= 0.3 is 0 Å². The van der Waals surface area contributed by atoms with E-state index in [0.29, 0.717) is 30.1 Å². The molecule has 146 valence electrons. The second-order valence-corrected chi connectivity index (χ2v) is 10.4. The average Bonchev–Trinajstić information content (AvgIpc) is 2.56. The van der Waals surface area contributed by atoms with Crippen LogP contribution in [0.15, 0.2) is 17.0 Å². The number of piperidine rings is 1. The molecule has 1 saturated heterocycles. The van der Waals surface area contributed by atoms with Crippen LogP contribution in [0.2, 0.25) is 0 Å². The summed E-state index contributed by atoms with van der Waals surface area (Å²) in [5.74, 6) is 0.862. The quantitative estimate of drug-likeness (QED) is 0.863. The molecule has 2 fully saturated rings. The second-order valence-electron chi connectivity index (χ2n) is 8.53. The molecule has 5 heteroatoms. The Morgan fingerprint density at radius 1 is 0.885 bits per heavy atom. The molecule has 1 aliphatic heterocycles. The summed E-state index contributed by atoms with van der Waals surface area (Å²) in [6, 6.07) is 5.03. The first kappa shape index (κ1) is 19.8. The summed E-state index contributed by atoms with van der Waals surface area (Å²) in [6.07, 6.45) is 6.99. The van der Waals surface area contributed by atoms with Crippen molar-refractivity contribution >= 4 is 10.0 Å². The monoisotopic (exact) mass is 378 g/mol. The van der Waals surface area contributed by atoms with Crippen molar-refractivity contribution in [3.63, 3.8) is 0 Å². The maximum atomic E-state index is 13.2. The van der Waals surface area contributed by atoms with Crippen LogP contribution < -0.4 is 5.32 Å². The van der Waals surface area contributed by atoms with Gasteiger partial charge in [0, 0.05) is 25.2 Å². The normalized spacial score (nSPS) is 26.2. The van der Waals surface area contributed by atoms with E-state index < -0.39 is 10.0 Å². The lowest BCUT2D eigenvalue weighted by molar-refractivity contribution is 0.236. The van der Waals surface area contributed by atoms with Crippen molar-refractivity contribution in [2.75, 3.05) is 13.1 Å². The third kappa shape index (κ3) is 4.32. The Labute approximate surface area is 159 Å². The van der Waals surface area contributed by atoms with Gasteiger partial charge in [0.2, 0.25) is 10.0 Å². The van der Waals surface area contributed by atoms with Crippen molar-refractivity contribution in [2.24, 2.45) is 5.92 Å². The first-order valence-corrected chi connectivity index (χ1v) is 11.6. The van der Waals surface area contributed by atoms with Gasteiger partial charge in [-0.3, -0.25) is 0 Å². The Bertz CT molecular complexity index is 705. The number of aryl methyl sites for hydroxylation is 3. The molecule has 0 radical (unpaired) electrons. The third-order valence-electron chi connectivity index (χ3n) is 6.14. The van der Waals surface area contributed by atoms with E-state index in [9.17, 15) is 8.42 Å². The van der Waals surface area contributed by atoms with Crippen LogP contribution in [-0.2, 0) is 10.0 Å². The Morgan fingerprint density at radius 2 is 1.38 bits per heavy atom. The van der Waals surface area contributed by atoms with Crippen LogP contribution in [0.25, 0.3) is 0 Å². The second kappa shape index (κ2) is 7.99. The molecule has 2 aliphatic rings. The molecule has 26 heavy (non-hydrogen) atoms. The zero-order valence-electron chi connectivity index (χ0n) is 16.7. The molecule has 0 bridgehead atoms. The highest BCUT2D eigenvalue weighted by Gasteiger charge is 2.32. The number of rotatable bonds is 4. The van der Waals surface area contributed by atoms with Crippen LogP contribution in [0, 0.1) is 26.7 Å². The molecule has 3 rings (SSSR count). The summed E-state index contributed by atoms with van der Waals surface area (Å²) in [5.41, 5.74) is 2.84. The third-order valence-corrected chi connectivity index (χ3v) is 8.35. The molecule has 1 saturated carbocycles. The van der Waals surface area contributed by atoms with E-state index in [0.717, 1.165) is 35.4 Å². The van der Waals surface area contributed by atoms with E-state index in [1.807, 2.05) is 32.9 Å². The summed E-state index contributed by atoms with van der Waals surface area (Å²) in [7, 11) is -3.40. The van der Waals surface area contributed by atoms with Crippen molar-refractivity contribution in [3.05, 3.63) is 28.8 Å². The highest BCUT2D eigenvalue weighted by atomic mass is 32.2. The number of sulfonamides is 1. The van der Waals surface area contributed by atoms with Crippen LogP contribution in [-0.4, -0.2) is 37.9 Å². The fraction of sp³-hybridized carbons (Fsp3) is 0.714. The molecule has 0 amide bonds. The van der Waals surface area contributed by atoms with Gasteiger partial charge in [-0.05, 0) is 76.3 Å². The summed E-state index contributed by atoms with van der Waals surface area (Å²) in [6.45, 7) is 9.41. The molecule has 1 aromatic carbocycles. The van der Waals surface area contributed by atoms with Gasteiger partial charge in [0.15, 0.2) is 0 Å². The topological polar surface area (TPSA) is 49.4 Å². The number of hydrogen-bond acceptors (Lipinski definition) is 3. The molecule has 1 aromatic rings. The van der Waals surface area contributed by atoms with Gasteiger partial charge in [0.05, 0.1) is 4.90 Å². The average molecular weight is 379 g/mol. The smallest absolute Gasteiger partial charge is 0.243 e. The van der Waals surface area contributed by atoms with E-state index >= 15 is 0 Å². The number of hydrogen-bond donors (Lipinski definition) is 1. The van der Waals surface area contributed by atoms with E-state index in [2.05, 4.69) is 12.2 Å². The predicted molar refractivity (Wildman–Crippen MR) is 107 cm³/mol. The van der Waals surface area contributed by atoms with Crippen molar-refractivity contribution in [1.29, 1.82) is 0 Å². The number of benzene rings is 1. The molecule has 0 spiro atoms. The van der Waals surface area contributed by atoms with Gasteiger partial charge in [0.1, 0.15) is 0 Å². The van der Waals surface area contributed by atoms with Gasteiger partial charge in [-0.2, -0.15) is 4.31 Å². The number of nitrogens with zero attached hydrogens (tertiary/aromatic N) is 1. The molecule has 4 nitrogen and oxygen atoms in total. The standard InChI is InChI=1S/C21H34N2O2S/c1-15-5-7-19(8-6-15)22-20-9-11-23(12-10-20)26(24,25)21-17(3)13-16(2)14-18(21)4/h13-15,19-20,22H,5-12H2,1-4H3. The lowest BCUT2D eigenvalue weighted by Crippen LogP contribution is -2.48. The lowest BCUT2D eigenvalue weighted by Gasteiger charge is -2.36. The molecule has 0 atom stereocenters. The minimum absolute atomic E-state index is 0.458. The zero-order chi connectivity index (χ0) is 18.9. The summed E-state index contributed by atoms with van der Waals surface area (Å²) in [5, 5.41) is 3.80. The SMILES string of the molecule is Cc1cc(C)c(S(=O)(=O)N2CCC(NC3CCC(C)CC3)CC2)c(C)c1. The summed E-state index contributed by atoms with van der Waals surface area (Å²) < 4.78 is 28.1. The van der Waals surface area contributed by atoms with Gasteiger partial charge in [-0.25, -0.2) is 8.42 Å². The molecule has 0 unspecified atom stereocenters. The van der Waals surface area contributed by atoms with Crippen LogP contribution >= 0.6 is 0 Å². The zero-order valence-corrected chi connectivity index (χ0v) is 17.5. The first-order chi connectivity index (χ1) is 12.3.